The number of ether oxygens (including phenoxy) is 1. The van der Waals surface area contributed by atoms with Crippen LogP contribution in [-0.2, 0) is 19.1 Å². The van der Waals surface area contributed by atoms with E-state index >= 15 is 0 Å². The smallest absolute Gasteiger partial charge is 0.333 e. The van der Waals surface area contributed by atoms with Crippen molar-refractivity contribution in [2.24, 2.45) is 9.98 Å². The zero-order chi connectivity index (χ0) is 17.2. The van der Waals surface area contributed by atoms with Gasteiger partial charge in [0.25, 0.3) is 0 Å². The maximum atomic E-state index is 10.6. The Balaban J connectivity index is 0. The van der Waals surface area contributed by atoms with Gasteiger partial charge in [-0.25, -0.2) is 24.4 Å². The Hall–Kier alpha value is -2.07. The van der Waals surface area contributed by atoms with Gasteiger partial charge in [0.05, 0.1) is 19.2 Å². The number of aliphatic imine (C=N–C) groups is 2. The van der Waals surface area contributed by atoms with E-state index in [2.05, 4.69) is 21.3 Å². The number of hydrogen-bond acceptors (Lipinski definition) is 7. The van der Waals surface area contributed by atoms with Crippen LogP contribution in [0.5, 0.6) is 0 Å². The largest absolute Gasteiger partial charge is 0.460 e. The Morgan fingerprint density at radius 1 is 1.14 bits per heavy atom. The molecule has 0 bridgehead atoms. The zero-order valence-corrected chi connectivity index (χ0v) is 13.2. The number of carbonyl (C=O) groups excluding carboxylic acids is 3. The van der Waals surface area contributed by atoms with E-state index in [1.807, 2.05) is 0 Å². The van der Waals surface area contributed by atoms with Gasteiger partial charge in [-0.3, -0.25) is 0 Å². The van der Waals surface area contributed by atoms with Crippen molar-refractivity contribution < 1.29 is 24.2 Å². The predicted molar refractivity (Wildman–Crippen MR) is 81.9 cm³/mol. The molecule has 7 nitrogen and oxygen atoms in total. The van der Waals surface area contributed by atoms with Crippen molar-refractivity contribution in [1.29, 1.82) is 0 Å². The highest BCUT2D eigenvalue weighted by Gasteiger charge is 2.03. The van der Waals surface area contributed by atoms with Crippen molar-refractivity contribution in [1.82, 2.24) is 0 Å². The summed E-state index contributed by atoms with van der Waals surface area (Å²) >= 11 is 0. The van der Waals surface area contributed by atoms with Gasteiger partial charge >= 0.3 is 5.97 Å². The minimum Gasteiger partial charge on any atom is -0.460 e. The van der Waals surface area contributed by atoms with Crippen molar-refractivity contribution in [2.45, 2.75) is 45.6 Å². The molecular formula is C15H24N2O5. The Labute approximate surface area is 130 Å². The van der Waals surface area contributed by atoms with Crippen LogP contribution in [-0.4, -0.2) is 49.0 Å². The van der Waals surface area contributed by atoms with E-state index in [0.29, 0.717) is 18.7 Å². The molecule has 0 aromatic rings. The van der Waals surface area contributed by atoms with Crippen molar-refractivity contribution >= 4 is 18.1 Å². The van der Waals surface area contributed by atoms with E-state index in [-0.39, 0.29) is 6.61 Å². The molecule has 22 heavy (non-hydrogen) atoms. The summed E-state index contributed by atoms with van der Waals surface area (Å²) in [5.41, 5.74) is 0.348. The van der Waals surface area contributed by atoms with Crippen molar-refractivity contribution in [2.75, 3.05) is 19.7 Å². The number of unbranched alkanes of at least 4 members (excludes halogenated alkanes) is 3. The number of esters is 1. The van der Waals surface area contributed by atoms with Crippen LogP contribution in [0.1, 0.15) is 39.5 Å². The predicted octanol–water partition coefficient (Wildman–Crippen LogP) is 1.70. The molecule has 0 fully saturated rings. The maximum absolute atomic E-state index is 10.6. The summed E-state index contributed by atoms with van der Waals surface area (Å²) in [7, 11) is 0. The first-order valence-corrected chi connectivity index (χ1v) is 7.03. The second-order valence-corrected chi connectivity index (χ2v) is 4.59. The van der Waals surface area contributed by atoms with Crippen molar-refractivity contribution in [3.05, 3.63) is 12.2 Å². The van der Waals surface area contributed by atoms with Crippen LogP contribution in [0.15, 0.2) is 22.1 Å². The van der Waals surface area contributed by atoms with Crippen LogP contribution in [0.25, 0.3) is 0 Å². The summed E-state index contributed by atoms with van der Waals surface area (Å²) in [6.45, 7) is 7.63. The number of aliphatic hydroxyl groups is 1. The first-order valence-electron chi connectivity index (χ1n) is 7.03. The quantitative estimate of drug-likeness (QED) is 0.217. The lowest BCUT2D eigenvalue weighted by Gasteiger charge is -2.04. The Morgan fingerprint density at radius 2 is 1.59 bits per heavy atom. The molecular weight excluding hydrogens is 288 g/mol. The molecule has 0 spiro atoms. The summed E-state index contributed by atoms with van der Waals surface area (Å²) in [5.74, 6) is -0.457. The molecule has 0 amide bonds. The normalized spacial score (nSPS) is 10.1. The highest BCUT2D eigenvalue weighted by atomic mass is 16.5. The lowest BCUT2D eigenvalue weighted by Crippen LogP contribution is -2.15. The molecule has 7 heteroatoms. The molecule has 0 aromatic heterocycles. The van der Waals surface area contributed by atoms with Gasteiger partial charge in [-0.2, -0.15) is 0 Å². The van der Waals surface area contributed by atoms with Gasteiger partial charge < -0.3 is 9.84 Å². The fourth-order valence-corrected chi connectivity index (χ4v) is 1.15. The lowest BCUT2D eigenvalue weighted by atomic mass is 10.2. The third-order valence-electron chi connectivity index (χ3n) is 2.22. The minimum atomic E-state index is -0.608. The minimum absolute atomic E-state index is 0.0334. The molecule has 1 N–H and O–H groups in total. The third kappa shape index (κ3) is 20.3. The van der Waals surface area contributed by atoms with E-state index in [0.717, 1.165) is 25.7 Å². The summed E-state index contributed by atoms with van der Waals surface area (Å²) < 4.78 is 4.58. The summed E-state index contributed by atoms with van der Waals surface area (Å²) in [6.07, 6.45) is 6.19. The van der Waals surface area contributed by atoms with Crippen molar-refractivity contribution in [3.63, 3.8) is 0 Å². The first-order chi connectivity index (χ1) is 10.5. The average molecular weight is 312 g/mol. The van der Waals surface area contributed by atoms with Crippen LogP contribution in [0.3, 0.4) is 0 Å². The molecule has 124 valence electrons. The van der Waals surface area contributed by atoms with Crippen LogP contribution < -0.4 is 0 Å². The fraction of sp³-hybridized carbons (Fsp3) is 0.667. The van der Waals surface area contributed by atoms with Crippen LogP contribution in [0.2, 0.25) is 0 Å². The fourth-order valence-electron chi connectivity index (χ4n) is 1.15. The maximum Gasteiger partial charge on any atom is 0.333 e. The highest BCUT2D eigenvalue weighted by molar-refractivity contribution is 5.86. The Morgan fingerprint density at radius 3 is 1.91 bits per heavy atom. The van der Waals surface area contributed by atoms with Gasteiger partial charge in [-0.05, 0) is 26.7 Å². The number of rotatable bonds is 10. The van der Waals surface area contributed by atoms with Gasteiger partial charge in [-0.15, -0.1) is 0 Å². The highest BCUT2D eigenvalue weighted by Crippen LogP contribution is 1.99. The molecule has 0 rings (SSSR count). The molecule has 0 aliphatic rings. The van der Waals surface area contributed by atoms with E-state index in [4.69, 9.17) is 5.11 Å². The van der Waals surface area contributed by atoms with Gasteiger partial charge in [0.1, 0.15) is 6.61 Å². The number of aliphatic hydroxyl groups excluding tert-OH is 1. The molecule has 0 saturated heterocycles. The molecule has 0 heterocycles. The number of hydrogen-bond donors (Lipinski definition) is 1. The summed E-state index contributed by atoms with van der Waals surface area (Å²) in [5, 5.41) is 8.68. The van der Waals surface area contributed by atoms with E-state index in [9.17, 15) is 14.4 Å². The van der Waals surface area contributed by atoms with E-state index in [1.54, 1.807) is 13.8 Å². The molecule has 0 radical (unpaired) electrons. The van der Waals surface area contributed by atoms with Gasteiger partial charge in [0.2, 0.25) is 12.2 Å². The Kier molecular flexibility index (Phi) is 17.1. The monoisotopic (exact) mass is 312 g/mol. The molecule has 1 atom stereocenters. The van der Waals surface area contributed by atoms with Crippen LogP contribution >= 0.6 is 0 Å². The van der Waals surface area contributed by atoms with Gasteiger partial charge in [0.15, 0.2) is 0 Å². The van der Waals surface area contributed by atoms with Crippen molar-refractivity contribution in [3.8, 4) is 0 Å². The number of nitrogens with zero attached hydrogens (tertiary/aromatic N) is 2. The second kappa shape index (κ2) is 17.0. The molecule has 0 aliphatic carbocycles. The first kappa shape index (κ1) is 22.2. The third-order valence-corrected chi connectivity index (χ3v) is 2.22. The Bertz CT molecular complexity index is 386. The molecule has 0 aromatic carbocycles. The van der Waals surface area contributed by atoms with Gasteiger partial charge in [-0.1, -0.05) is 19.4 Å². The van der Waals surface area contributed by atoms with E-state index < -0.39 is 12.1 Å². The lowest BCUT2D eigenvalue weighted by molar-refractivity contribution is -0.141. The molecule has 0 saturated carbocycles. The molecule has 0 aliphatic heterocycles. The SMILES string of the molecule is C=C(C)C(=O)OCC(C)O.O=C=NCCCCCCN=C=O. The zero-order valence-electron chi connectivity index (χ0n) is 13.2. The molecule has 1 unspecified atom stereocenters. The van der Waals surface area contributed by atoms with Crippen LogP contribution in [0, 0.1) is 0 Å². The second-order valence-electron chi connectivity index (χ2n) is 4.59. The topological polar surface area (TPSA) is 105 Å². The van der Waals surface area contributed by atoms with Crippen LogP contribution in [0.4, 0.5) is 0 Å². The average Bonchev–Trinajstić information content (AvgIpc) is 2.48. The number of carbonyl (C=O) groups is 1. The summed E-state index contributed by atoms with van der Waals surface area (Å²) in [6, 6.07) is 0. The summed E-state index contributed by atoms with van der Waals surface area (Å²) in [4.78, 5) is 36.7. The standard InChI is InChI=1S/C8H12N2O2.C7H12O3/c11-7-9-5-3-1-2-4-6-10-8-12;1-5(2)7(9)10-4-6(3)8/h1-6H2;6,8H,1,4H2,2-3H3. The van der Waals surface area contributed by atoms with Gasteiger partial charge in [0, 0.05) is 5.57 Å². The number of isocyanates is 2. The van der Waals surface area contributed by atoms with E-state index in [1.165, 1.54) is 12.2 Å².